The predicted molar refractivity (Wildman–Crippen MR) is 86.5 cm³/mol. The minimum absolute atomic E-state index is 0.122. The van der Waals surface area contributed by atoms with Gasteiger partial charge in [0, 0.05) is 6.42 Å². The van der Waals surface area contributed by atoms with Gasteiger partial charge in [0.15, 0.2) is 11.5 Å². The van der Waals surface area contributed by atoms with Gasteiger partial charge in [-0.05, 0) is 53.6 Å². The minimum Gasteiger partial charge on any atom is -0.490 e. The minimum atomic E-state index is -0.122. The van der Waals surface area contributed by atoms with Gasteiger partial charge < -0.3 is 15.2 Å². The number of ether oxygens (including phenoxy) is 2. The molecule has 3 nitrogen and oxygen atoms in total. The Hall–Kier alpha value is -2.00. The second-order valence-corrected chi connectivity index (χ2v) is 6.12. The molecule has 0 radical (unpaired) electrons. The molecular weight excluding hydrogens is 274 g/mol. The fourth-order valence-electron chi connectivity index (χ4n) is 3.35. The first kappa shape index (κ1) is 13.6. The molecule has 0 amide bonds. The maximum atomic E-state index is 6.49. The molecular formula is C19H21NO2. The first-order chi connectivity index (χ1) is 10.8. The molecule has 1 heterocycles. The van der Waals surface area contributed by atoms with Gasteiger partial charge in [-0.1, -0.05) is 24.3 Å². The summed E-state index contributed by atoms with van der Waals surface area (Å²) in [5.41, 5.74) is 11.7. The molecule has 0 saturated carbocycles. The molecule has 2 aliphatic rings. The smallest absolute Gasteiger partial charge is 0.161 e. The molecule has 2 aromatic carbocycles. The summed E-state index contributed by atoms with van der Waals surface area (Å²) in [6, 6.07) is 12.6. The van der Waals surface area contributed by atoms with Crippen molar-refractivity contribution in [2.75, 3.05) is 13.2 Å². The topological polar surface area (TPSA) is 44.5 Å². The van der Waals surface area contributed by atoms with E-state index in [4.69, 9.17) is 15.2 Å². The van der Waals surface area contributed by atoms with Gasteiger partial charge in [0.05, 0.1) is 19.3 Å². The van der Waals surface area contributed by atoms with E-state index in [0.29, 0.717) is 13.2 Å². The van der Waals surface area contributed by atoms with Gasteiger partial charge in [0.1, 0.15) is 0 Å². The van der Waals surface area contributed by atoms with Crippen LogP contribution in [-0.4, -0.2) is 13.2 Å². The van der Waals surface area contributed by atoms with Crippen LogP contribution in [0.25, 0.3) is 0 Å². The van der Waals surface area contributed by atoms with Crippen LogP contribution in [0.15, 0.2) is 36.4 Å². The van der Waals surface area contributed by atoms with E-state index in [0.717, 1.165) is 23.5 Å². The zero-order chi connectivity index (χ0) is 14.9. The highest BCUT2D eigenvalue weighted by atomic mass is 16.5. The highest BCUT2D eigenvalue weighted by Gasteiger charge is 2.17. The Morgan fingerprint density at radius 3 is 2.41 bits per heavy atom. The fourth-order valence-corrected chi connectivity index (χ4v) is 3.35. The number of aryl methyl sites for hydroxylation is 2. The molecule has 0 spiro atoms. The maximum Gasteiger partial charge on any atom is 0.161 e. The summed E-state index contributed by atoms with van der Waals surface area (Å²) in [5.74, 6) is 1.63. The number of hydrogen-bond donors (Lipinski definition) is 1. The molecule has 3 heteroatoms. The van der Waals surface area contributed by atoms with Gasteiger partial charge >= 0.3 is 0 Å². The van der Waals surface area contributed by atoms with E-state index < -0.39 is 0 Å². The van der Waals surface area contributed by atoms with Gasteiger partial charge in [-0.3, -0.25) is 0 Å². The molecule has 0 aromatic heterocycles. The fraction of sp³-hybridized carbons (Fsp3) is 0.368. The highest BCUT2D eigenvalue weighted by molar-refractivity contribution is 5.47. The molecule has 0 saturated heterocycles. The Balaban J connectivity index is 1.65. The first-order valence-corrected chi connectivity index (χ1v) is 8.08. The van der Waals surface area contributed by atoms with E-state index in [1.165, 1.54) is 36.0 Å². The molecule has 2 N–H and O–H groups in total. The number of rotatable bonds is 2. The number of fused-ring (bicyclic) bond motifs is 2. The van der Waals surface area contributed by atoms with E-state index in [1.54, 1.807) is 0 Å². The first-order valence-electron chi connectivity index (χ1n) is 8.08. The third-order valence-electron chi connectivity index (χ3n) is 4.61. The zero-order valence-electron chi connectivity index (χ0n) is 12.7. The van der Waals surface area contributed by atoms with Crippen LogP contribution in [0, 0.1) is 0 Å². The second kappa shape index (κ2) is 5.65. The van der Waals surface area contributed by atoms with Gasteiger partial charge in [0.25, 0.3) is 0 Å². The van der Waals surface area contributed by atoms with Crippen molar-refractivity contribution in [3.8, 4) is 11.5 Å². The van der Waals surface area contributed by atoms with E-state index >= 15 is 0 Å². The van der Waals surface area contributed by atoms with E-state index in [9.17, 15) is 0 Å². The monoisotopic (exact) mass is 295 g/mol. The summed E-state index contributed by atoms with van der Waals surface area (Å²) in [6.45, 7) is 1.41. The molecule has 4 rings (SSSR count). The lowest BCUT2D eigenvalue weighted by Crippen LogP contribution is -2.12. The van der Waals surface area contributed by atoms with Crippen molar-refractivity contribution < 1.29 is 9.47 Å². The summed E-state index contributed by atoms with van der Waals surface area (Å²) in [7, 11) is 0. The molecule has 0 bridgehead atoms. The third-order valence-corrected chi connectivity index (χ3v) is 4.61. The van der Waals surface area contributed by atoms with Crippen LogP contribution in [0.5, 0.6) is 11.5 Å². The molecule has 22 heavy (non-hydrogen) atoms. The van der Waals surface area contributed by atoms with Gasteiger partial charge in [-0.15, -0.1) is 0 Å². The molecule has 114 valence electrons. The summed E-state index contributed by atoms with van der Waals surface area (Å²) in [5, 5.41) is 0. The van der Waals surface area contributed by atoms with Gasteiger partial charge in [-0.25, -0.2) is 0 Å². The van der Waals surface area contributed by atoms with Crippen molar-refractivity contribution in [3.05, 3.63) is 58.7 Å². The van der Waals surface area contributed by atoms with Crippen LogP contribution in [0.2, 0.25) is 0 Å². The standard InChI is InChI=1S/C19H21NO2/c20-19(15-6-5-13-3-1-4-14(13)11-15)16-7-8-17-18(12-16)22-10-2-9-21-17/h5-8,11-12,19H,1-4,9-10,20H2. The Morgan fingerprint density at radius 2 is 1.50 bits per heavy atom. The molecule has 1 atom stereocenters. The summed E-state index contributed by atoms with van der Waals surface area (Å²) < 4.78 is 11.5. The van der Waals surface area contributed by atoms with Crippen molar-refractivity contribution >= 4 is 0 Å². The normalized spacial score (nSPS) is 17.7. The quantitative estimate of drug-likeness (QED) is 0.923. The highest BCUT2D eigenvalue weighted by Crippen LogP contribution is 2.34. The van der Waals surface area contributed by atoms with E-state index in [-0.39, 0.29) is 6.04 Å². The molecule has 1 aliphatic carbocycles. The lowest BCUT2D eigenvalue weighted by atomic mass is 9.96. The van der Waals surface area contributed by atoms with Gasteiger partial charge in [0.2, 0.25) is 0 Å². The van der Waals surface area contributed by atoms with Crippen molar-refractivity contribution in [2.45, 2.75) is 31.7 Å². The Bertz CT molecular complexity index is 696. The van der Waals surface area contributed by atoms with Crippen LogP contribution in [0.3, 0.4) is 0 Å². The van der Waals surface area contributed by atoms with Crippen LogP contribution in [-0.2, 0) is 12.8 Å². The molecule has 2 aromatic rings. The SMILES string of the molecule is NC(c1ccc2c(c1)CCC2)c1ccc2c(c1)OCCCO2. The van der Waals surface area contributed by atoms with E-state index in [1.807, 2.05) is 18.2 Å². The van der Waals surface area contributed by atoms with Crippen LogP contribution in [0.1, 0.15) is 41.1 Å². The lowest BCUT2D eigenvalue weighted by molar-refractivity contribution is 0.297. The Morgan fingerprint density at radius 1 is 0.773 bits per heavy atom. The largest absolute Gasteiger partial charge is 0.490 e. The lowest BCUT2D eigenvalue weighted by Gasteiger charge is -2.16. The summed E-state index contributed by atoms with van der Waals surface area (Å²) in [4.78, 5) is 0. The Labute approximate surface area is 131 Å². The molecule has 1 unspecified atom stereocenters. The summed E-state index contributed by atoms with van der Waals surface area (Å²) >= 11 is 0. The Kier molecular flexibility index (Phi) is 3.51. The molecule has 0 fully saturated rings. The number of nitrogens with two attached hydrogens (primary N) is 1. The average Bonchev–Trinajstić information content (AvgIpc) is 2.89. The molecule has 1 aliphatic heterocycles. The van der Waals surface area contributed by atoms with Crippen molar-refractivity contribution in [2.24, 2.45) is 5.73 Å². The van der Waals surface area contributed by atoms with Crippen molar-refractivity contribution in [3.63, 3.8) is 0 Å². The number of benzene rings is 2. The second-order valence-electron chi connectivity index (χ2n) is 6.12. The van der Waals surface area contributed by atoms with E-state index in [2.05, 4.69) is 18.2 Å². The average molecular weight is 295 g/mol. The maximum absolute atomic E-state index is 6.49. The number of hydrogen-bond acceptors (Lipinski definition) is 3. The van der Waals surface area contributed by atoms with Crippen LogP contribution in [0.4, 0.5) is 0 Å². The van der Waals surface area contributed by atoms with Crippen molar-refractivity contribution in [1.82, 2.24) is 0 Å². The van der Waals surface area contributed by atoms with Crippen molar-refractivity contribution in [1.29, 1.82) is 0 Å². The van der Waals surface area contributed by atoms with Crippen LogP contribution < -0.4 is 15.2 Å². The zero-order valence-corrected chi connectivity index (χ0v) is 12.7. The third kappa shape index (κ3) is 2.46. The van der Waals surface area contributed by atoms with Crippen LogP contribution >= 0.6 is 0 Å². The summed E-state index contributed by atoms with van der Waals surface area (Å²) in [6.07, 6.45) is 4.56. The predicted octanol–water partition coefficient (Wildman–Crippen LogP) is 3.38. The van der Waals surface area contributed by atoms with Gasteiger partial charge in [-0.2, -0.15) is 0 Å².